The summed E-state index contributed by atoms with van der Waals surface area (Å²) in [4.78, 5) is 6.15. The summed E-state index contributed by atoms with van der Waals surface area (Å²) in [5.41, 5.74) is 2.41. The molecule has 0 radical (unpaired) electrons. The number of ether oxygens (including phenoxy) is 1. The van der Waals surface area contributed by atoms with Crippen LogP contribution in [0.3, 0.4) is 0 Å². The highest BCUT2D eigenvalue weighted by Crippen LogP contribution is 2.37. The van der Waals surface area contributed by atoms with E-state index in [0.29, 0.717) is 0 Å². The lowest BCUT2D eigenvalue weighted by atomic mass is 10.1. The Balaban J connectivity index is 1.87. The van der Waals surface area contributed by atoms with Crippen LogP contribution in [0.25, 0.3) is 10.4 Å². The molecule has 2 aromatic rings. The van der Waals surface area contributed by atoms with Crippen molar-refractivity contribution in [3.05, 3.63) is 41.0 Å². The fourth-order valence-corrected chi connectivity index (χ4v) is 3.77. The highest BCUT2D eigenvalue weighted by atomic mass is 32.1. The topological polar surface area (TPSA) is 34.2 Å². The predicted octanol–water partition coefficient (Wildman–Crippen LogP) is 4.16. The first kappa shape index (κ1) is 14.7. The van der Waals surface area contributed by atoms with E-state index in [1.54, 1.807) is 11.3 Å². The average molecular weight is 302 g/mol. The van der Waals surface area contributed by atoms with Crippen LogP contribution in [-0.4, -0.2) is 18.1 Å². The van der Waals surface area contributed by atoms with Crippen molar-refractivity contribution in [2.75, 3.05) is 13.2 Å². The zero-order chi connectivity index (χ0) is 14.5. The van der Waals surface area contributed by atoms with E-state index < -0.39 is 0 Å². The van der Waals surface area contributed by atoms with Crippen LogP contribution in [0.15, 0.2) is 30.3 Å². The van der Waals surface area contributed by atoms with Crippen LogP contribution in [-0.2, 0) is 11.3 Å². The molecule has 1 aliphatic rings. The molecule has 1 unspecified atom stereocenters. The van der Waals surface area contributed by atoms with Gasteiger partial charge in [0.15, 0.2) is 0 Å². The fourth-order valence-electron chi connectivity index (χ4n) is 2.60. The number of nitrogens with zero attached hydrogens (tertiary/aromatic N) is 1. The van der Waals surface area contributed by atoms with Crippen LogP contribution in [0.1, 0.15) is 43.0 Å². The van der Waals surface area contributed by atoms with E-state index in [4.69, 9.17) is 9.72 Å². The summed E-state index contributed by atoms with van der Waals surface area (Å²) in [6.45, 7) is 4.92. The molecule has 0 saturated carbocycles. The third kappa shape index (κ3) is 3.51. The quantitative estimate of drug-likeness (QED) is 0.814. The van der Waals surface area contributed by atoms with Gasteiger partial charge in [0.1, 0.15) is 11.1 Å². The minimum Gasteiger partial charge on any atom is -0.371 e. The van der Waals surface area contributed by atoms with E-state index >= 15 is 0 Å². The van der Waals surface area contributed by atoms with Crippen molar-refractivity contribution in [3.63, 3.8) is 0 Å². The Hall–Kier alpha value is -1.23. The lowest BCUT2D eigenvalue weighted by molar-refractivity contribution is 0.111. The van der Waals surface area contributed by atoms with Crippen molar-refractivity contribution in [2.45, 2.75) is 38.8 Å². The van der Waals surface area contributed by atoms with Gasteiger partial charge in [-0.25, -0.2) is 4.98 Å². The normalized spacial score (nSPS) is 18.2. The van der Waals surface area contributed by atoms with Crippen molar-refractivity contribution < 1.29 is 4.74 Å². The molecule has 4 heteroatoms. The van der Waals surface area contributed by atoms with Crippen molar-refractivity contribution in [1.82, 2.24) is 10.3 Å². The van der Waals surface area contributed by atoms with Gasteiger partial charge >= 0.3 is 0 Å². The monoisotopic (exact) mass is 302 g/mol. The Morgan fingerprint density at radius 3 is 2.90 bits per heavy atom. The van der Waals surface area contributed by atoms with Crippen LogP contribution in [0, 0.1) is 0 Å². The van der Waals surface area contributed by atoms with Crippen LogP contribution >= 0.6 is 11.3 Å². The highest BCUT2D eigenvalue weighted by Gasteiger charge is 2.23. The highest BCUT2D eigenvalue weighted by molar-refractivity contribution is 7.15. The molecule has 1 saturated heterocycles. The molecular formula is C17H22N2OS. The summed E-state index contributed by atoms with van der Waals surface area (Å²) in [6, 6.07) is 10.6. The second-order valence-corrected chi connectivity index (χ2v) is 6.40. The Labute approximate surface area is 130 Å². The molecule has 0 bridgehead atoms. The van der Waals surface area contributed by atoms with E-state index in [1.165, 1.54) is 10.4 Å². The summed E-state index contributed by atoms with van der Waals surface area (Å²) in [5, 5.41) is 4.61. The minimum absolute atomic E-state index is 0.206. The maximum atomic E-state index is 5.80. The van der Waals surface area contributed by atoms with Gasteiger partial charge < -0.3 is 10.1 Å². The Bertz CT molecular complexity index is 561. The van der Waals surface area contributed by atoms with Crippen LogP contribution in [0.4, 0.5) is 0 Å². The van der Waals surface area contributed by atoms with Crippen LogP contribution in [0.2, 0.25) is 0 Å². The molecule has 1 aliphatic heterocycles. The summed E-state index contributed by atoms with van der Waals surface area (Å²) >= 11 is 1.79. The Morgan fingerprint density at radius 2 is 2.19 bits per heavy atom. The third-order valence-electron chi connectivity index (χ3n) is 3.67. The van der Waals surface area contributed by atoms with Gasteiger partial charge in [0.25, 0.3) is 0 Å². The molecule has 112 valence electrons. The second kappa shape index (κ2) is 7.16. The zero-order valence-corrected chi connectivity index (χ0v) is 13.3. The number of thiazole rings is 1. The smallest absolute Gasteiger partial charge is 0.122 e. The molecule has 0 aliphatic carbocycles. The van der Waals surface area contributed by atoms with Crippen LogP contribution < -0.4 is 5.32 Å². The first-order valence-corrected chi connectivity index (χ1v) is 8.57. The number of aromatic nitrogens is 1. The van der Waals surface area contributed by atoms with Gasteiger partial charge in [0.2, 0.25) is 0 Å². The summed E-state index contributed by atoms with van der Waals surface area (Å²) in [5.74, 6) is 0. The molecule has 2 heterocycles. The molecule has 1 N–H and O–H groups in total. The minimum atomic E-state index is 0.206. The second-order valence-electron chi connectivity index (χ2n) is 5.37. The Morgan fingerprint density at radius 1 is 1.33 bits per heavy atom. The van der Waals surface area contributed by atoms with Gasteiger partial charge in [0, 0.05) is 13.2 Å². The number of hydrogen-bond acceptors (Lipinski definition) is 4. The maximum absolute atomic E-state index is 5.80. The van der Waals surface area contributed by atoms with Gasteiger partial charge in [-0.1, -0.05) is 37.3 Å². The molecule has 3 rings (SSSR count). The van der Waals surface area contributed by atoms with E-state index in [9.17, 15) is 0 Å². The number of benzene rings is 1. The van der Waals surface area contributed by atoms with Gasteiger partial charge in [-0.15, -0.1) is 11.3 Å². The molecule has 0 spiro atoms. The lowest BCUT2D eigenvalue weighted by Gasteiger charge is -2.04. The standard InChI is InChI=1S/C17H22N2OS/c1-2-10-18-12-14-16(13-7-4-3-5-8-13)21-17(19-14)15-9-6-11-20-15/h3-5,7-8,15,18H,2,6,9-12H2,1H3. The summed E-state index contributed by atoms with van der Waals surface area (Å²) < 4.78 is 5.80. The number of rotatable bonds is 6. The average Bonchev–Trinajstić information content (AvgIpc) is 3.18. The van der Waals surface area contributed by atoms with Gasteiger partial charge in [-0.3, -0.25) is 0 Å². The van der Waals surface area contributed by atoms with E-state index in [0.717, 1.165) is 49.7 Å². The van der Waals surface area contributed by atoms with Gasteiger partial charge in [0.05, 0.1) is 10.6 Å². The Kier molecular flexibility index (Phi) is 5.01. The molecular weight excluding hydrogens is 280 g/mol. The van der Waals surface area contributed by atoms with Crippen molar-refractivity contribution >= 4 is 11.3 Å². The molecule has 1 aromatic carbocycles. The SMILES string of the molecule is CCCNCc1nc(C2CCCO2)sc1-c1ccccc1. The van der Waals surface area contributed by atoms with Crippen molar-refractivity contribution in [2.24, 2.45) is 0 Å². The summed E-state index contributed by atoms with van der Waals surface area (Å²) in [7, 11) is 0. The molecule has 21 heavy (non-hydrogen) atoms. The van der Waals surface area contributed by atoms with E-state index in [2.05, 4.69) is 42.6 Å². The van der Waals surface area contributed by atoms with Gasteiger partial charge in [-0.2, -0.15) is 0 Å². The first-order valence-electron chi connectivity index (χ1n) is 7.76. The molecule has 0 amide bonds. The number of nitrogens with one attached hydrogen (secondary N) is 1. The summed E-state index contributed by atoms with van der Waals surface area (Å²) in [6.07, 6.45) is 3.60. The van der Waals surface area contributed by atoms with E-state index in [-0.39, 0.29) is 6.10 Å². The first-order chi connectivity index (χ1) is 10.4. The largest absolute Gasteiger partial charge is 0.371 e. The fraction of sp³-hybridized carbons (Fsp3) is 0.471. The molecule has 1 aromatic heterocycles. The van der Waals surface area contributed by atoms with Crippen LogP contribution in [0.5, 0.6) is 0 Å². The molecule has 1 fully saturated rings. The number of hydrogen-bond donors (Lipinski definition) is 1. The molecule has 3 nitrogen and oxygen atoms in total. The van der Waals surface area contributed by atoms with Crippen molar-refractivity contribution in [3.8, 4) is 10.4 Å². The van der Waals surface area contributed by atoms with Crippen molar-refractivity contribution in [1.29, 1.82) is 0 Å². The lowest BCUT2D eigenvalue weighted by Crippen LogP contribution is -2.14. The molecule has 1 atom stereocenters. The third-order valence-corrected chi connectivity index (χ3v) is 4.91. The van der Waals surface area contributed by atoms with Gasteiger partial charge in [-0.05, 0) is 31.4 Å². The zero-order valence-electron chi connectivity index (χ0n) is 12.5. The maximum Gasteiger partial charge on any atom is 0.122 e. The van der Waals surface area contributed by atoms with E-state index in [1.807, 2.05) is 0 Å². The predicted molar refractivity (Wildman–Crippen MR) is 87.5 cm³/mol.